The van der Waals surface area contributed by atoms with Gasteiger partial charge in [0.2, 0.25) is 0 Å². The third-order valence-corrected chi connectivity index (χ3v) is 2.65. The van der Waals surface area contributed by atoms with E-state index in [1.54, 1.807) is 0 Å². The van der Waals surface area contributed by atoms with Gasteiger partial charge in [-0.05, 0) is 24.5 Å². The smallest absolute Gasteiger partial charge is 0.0760 e. The van der Waals surface area contributed by atoms with Crippen molar-refractivity contribution in [1.29, 1.82) is 0 Å². The molecule has 2 heteroatoms. The van der Waals surface area contributed by atoms with Gasteiger partial charge in [-0.2, -0.15) is 0 Å². The topological polar surface area (TPSA) is 38.9 Å². The van der Waals surface area contributed by atoms with Gasteiger partial charge in [-0.3, -0.25) is 4.98 Å². The molecule has 0 aliphatic carbocycles. The van der Waals surface area contributed by atoms with Gasteiger partial charge in [-0.15, -0.1) is 0 Å². The van der Waals surface area contributed by atoms with Crippen molar-refractivity contribution in [3.8, 4) is 0 Å². The van der Waals surface area contributed by atoms with Gasteiger partial charge >= 0.3 is 0 Å². The normalized spacial score (nSPS) is 11.2. The second kappa shape index (κ2) is 3.54. The van der Waals surface area contributed by atoms with Gasteiger partial charge in [-0.25, -0.2) is 0 Å². The fourth-order valence-corrected chi connectivity index (χ4v) is 1.90. The number of para-hydroxylation sites is 1. The monoisotopic (exact) mass is 200 g/mol. The van der Waals surface area contributed by atoms with Gasteiger partial charge in [0.05, 0.1) is 5.52 Å². The Morgan fingerprint density at radius 3 is 2.67 bits per heavy atom. The summed E-state index contributed by atoms with van der Waals surface area (Å²) in [6.45, 7) is 6.33. The highest BCUT2D eigenvalue weighted by molar-refractivity contribution is 5.92. The number of nitrogen functional groups attached to an aromatic ring is 1. The van der Waals surface area contributed by atoms with E-state index in [-0.39, 0.29) is 0 Å². The number of fused-ring (bicyclic) bond motifs is 1. The summed E-state index contributed by atoms with van der Waals surface area (Å²) >= 11 is 0. The largest absolute Gasteiger partial charge is 0.398 e. The van der Waals surface area contributed by atoms with Crippen LogP contribution in [0.5, 0.6) is 0 Å². The van der Waals surface area contributed by atoms with Crippen LogP contribution in [0.3, 0.4) is 0 Å². The van der Waals surface area contributed by atoms with Gasteiger partial charge < -0.3 is 5.73 Å². The maximum atomic E-state index is 5.99. The Kier molecular flexibility index (Phi) is 2.35. The van der Waals surface area contributed by atoms with Crippen LogP contribution in [-0.4, -0.2) is 4.98 Å². The molecule has 0 spiro atoms. The van der Waals surface area contributed by atoms with Gasteiger partial charge in [0.1, 0.15) is 0 Å². The quantitative estimate of drug-likeness (QED) is 0.767. The Morgan fingerprint density at radius 2 is 2.00 bits per heavy atom. The number of anilines is 1. The average Bonchev–Trinajstić information content (AvgIpc) is 2.16. The van der Waals surface area contributed by atoms with Crippen LogP contribution >= 0.6 is 0 Å². The van der Waals surface area contributed by atoms with Crippen molar-refractivity contribution in [2.75, 3.05) is 5.73 Å². The minimum atomic E-state index is 0.474. The van der Waals surface area contributed by atoms with E-state index in [9.17, 15) is 0 Å². The number of pyridine rings is 1. The fraction of sp³-hybridized carbons (Fsp3) is 0.308. The summed E-state index contributed by atoms with van der Waals surface area (Å²) in [7, 11) is 0. The van der Waals surface area contributed by atoms with Crippen LogP contribution in [0, 0.1) is 6.92 Å². The lowest BCUT2D eigenvalue weighted by Gasteiger charge is -2.11. The molecule has 0 unspecified atom stereocenters. The van der Waals surface area contributed by atoms with Crippen molar-refractivity contribution >= 4 is 16.6 Å². The maximum absolute atomic E-state index is 5.99. The molecule has 0 bridgehead atoms. The molecule has 78 valence electrons. The third-order valence-electron chi connectivity index (χ3n) is 2.65. The molecule has 0 amide bonds. The highest BCUT2D eigenvalue weighted by Crippen LogP contribution is 2.27. The standard InChI is InChI=1S/C13H16N2/c1-8(2)10-5-4-6-11-12(14)7-9(3)15-13(10)11/h4-8H,1-3H3,(H2,14,15). The number of nitrogens with two attached hydrogens (primary N) is 1. The molecule has 0 aliphatic rings. The molecule has 2 nitrogen and oxygen atoms in total. The van der Waals surface area contributed by atoms with Crippen molar-refractivity contribution in [3.05, 3.63) is 35.5 Å². The summed E-state index contributed by atoms with van der Waals surface area (Å²) in [5.74, 6) is 0.474. The predicted molar refractivity (Wildman–Crippen MR) is 65.0 cm³/mol. The molecule has 2 rings (SSSR count). The van der Waals surface area contributed by atoms with Crippen molar-refractivity contribution in [2.45, 2.75) is 26.7 Å². The fourth-order valence-electron chi connectivity index (χ4n) is 1.90. The molecule has 1 aromatic carbocycles. The SMILES string of the molecule is Cc1cc(N)c2cccc(C(C)C)c2n1. The number of hydrogen-bond donors (Lipinski definition) is 1. The van der Waals surface area contributed by atoms with Crippen molar-refractivity contribution in [1.82, 2.24) is 4.98 Å². The number of aromatic nitrogens is 1. The number of rotatable bonds is 1. The van der Waals surface area contributed by atoms with Crippen molar-refractivity contribution in [2.24, 2.45) is 0 Å². The highest BCUT2D eigenvalue weighted by atomic mass is 14.7. The van der Waals surface area contributed by atoms with Crippen LogP contribution in [0.25, 0.3) is 10.9 Å². The van der Waals surface area contributed by atoms with Gasteiger partial charge in [0, 0.05) is 16.8 Å². The Hall–Kier alpha value is -1.57. The minimum absolute atomic E-state index is 0.474. The lowest BCUT2D eigenvalue weighted by Crippen LogP contribution is -1.97. The highest BCUT2D eigenvalue weighted by Gasteiger charge is 2.08. The van der Waals surface area contributed by atoms with Gasteiger partial charge in [0.15, 0.2) is 0 Å². The van der Waals surface area contributed by atoms with E-state index in [2.05, 4.69) is 24.9 Å². The zero-order valence-electron chi connectivity index (χ0n) is 9.41. The van der Waals surface area contributed by atoms with Crippen LogP contribution in [0.15, 0.2) is 24.3 Å². The molecular weight excluding hydrogens is 184 g/mol. The molecule has 0 saturated carbocycles. The van der Waals surface area contributed by atoms with Crippen LogP contribution in [-0.2, 0) is 0 Å². The zero-order chi connectivity index (χ0) is 11.0. The first kappa shape index (κ1) is 9.97. The Balaban J connectivity index is 2.85. The Labute approximate surface area is 90.1 Å². The van der Waals surface area contributed by atoms with E-state index in [0.29, 0.717) is 5.92 Å². The number of nitrogens with zero attached hydrogens (tertiary/aromatic N) is 1. The number of benzene rings is 1. The second-order valence-electron chi connectivity index (χ2n) is 4.25. The van der Waals surface area contributed by atoms with E-state index < -0.39 is 0 Å². The summed E-state index contributed by atoms with van der Waals surface area (Å²) in [4.78, 5) is 4.58. The summed E-state index contributed by atoms with van der Waals surface area (Å²) < 4.78 is 0. The molecule has 2 aromatic rings. The van der Waals surface area contributed by atoms with Crippen LogP contribution in [0.4, 0.5) is 5.69 Å². The number of aryl methyl sites for hydroxylation is 1. The van der Waals surface area contributed by atoms with Crippen LogP contribution in [0.2, 0.25) is 0 Å². The second-order valence-corrected chi connectivity index (χ2v) is 4.25. The summed E-state index contributed by atoms with van der Waals surface area (Å²) in [5.41, 5.74) is 10.1. The third kappa shape index (κ3) is 1.67. The number of hydrogen-bond acceptors (Lipinski definition) is 2. The molecular formula is C13H16N2. The summed E-state index contributed by atoms with van der Waals surface area (Å²) in [5, 5.41) is 1.06. The predicted octanol–water partition coefficient (Wildman–Crippen LogP) is 3.25. The van der Waals surface area contributed by atoms with Crippen LogP contribution in [0.1, 0.15) is 31.0 Å². The molecule has 2 N–H and O–H groups in total. The molecule has 1 aromatic heterocycles. The van der Waals surface area contributed by atoms with Gasteiger partial charge in [-0.1, -0.05) is 32.0 Å². The lowest BCUT2D eigenvalue weighted by molar-refractivity contribution is 0.872. The molecule has 0 atom stereocenters. The van der Waals surface area contributed by atoms with E-state index >= 15 is 0 Å². The molecule has 0 radical (unpaired) electrons. The first-order chi connectivity index (χ1) is 7.09. The molecule has 1 heterocycles. The van der Waals surface area contributed by atoms with E-state index in [1.165, 1.54) is 5.56 Å². The van der Waals surface area contributed by atoms with E-state index in [0.717, 1.165) is 22.3 Å². The van der Waals surface area contributed by atoms with Gasteiger partial charge in [0.25, 0.3) is 0 Å². The first-order valence-corrected chi connectivity index (χ1v) is 5.25. The van der Waals surface area contributed by atoms with Crippen LogP contribution < -0.4 is 5.73 Å². The molecule has 0 fully saturated rings. The first-order valence-electron chi connectivity index (χ1n) is 5.25. The Bertz CT molecular complexity index is 501. The summed E-state index contributed by atoms with van der Waals surface area (Å²) in [6.07, 6.45) is 0. The zero-order valence-corrected chi connectivity index (χ0v) is 9.41. The summed E-state index contributed by atoms with van der Waals surface area (Å²) in [6, 6.07) is 8.12. The maximum Gasteiger partial charge on any atom is 0.0760 e. The van der Waals surface area contributed by atoms with Crippen molar-refractivity contribution < 1.29 is 0 Å². The van der Waals surface area contributed by atoms with E-state index in [1.807, 2.05) is 25.1 Å². The lowest BCUT2D eigenvalue weighted by atomic mass is 9.99. The molecule has 15 heavy (non-hydrogen) atoms. The average molecular weight is 200 g/mol. The molecule has 0 aliphatic heterocycles. The molecule has 0 saturated heterocycles. The van der Waals surface area contributed by atoms with E-state index in [4.69, 9.17) is 5.73 Å². The van der Waals surface area contributed by atoms with Crippen molar-refractivity contribution in [3.63, 3.8) is 0 Å². The minimum Gasteiger partial charge on any atom is -0.398 e. The Morgan fingerprint density at radius 1 is 1.27 bits per heavy atom.